The molecule has 1 amide bonds. The maximum absolute atomic E-state index is 12.5. The highest BCUT2D eigenvalue weighted by Crippen LogP contribution is 2.18. The second kappa shape index (κ2) is 51.7. The van der Waals surface area contributed by atoms with Gasteiger partial charge in [0.25, 0.3) is 0 Å². The predicted octanol–water partition coefficient (Wildman–Crippen LogP) is 17.1. The third-order valence-corrected chi connectivity index (χ3v) is 13.3. The van der Waals surface area contributed by atoms with Gasteiger partial charge >= 0.3 is 0 Å². The molecule has 4 N–H and O–H groups in total. The molecule has 5 nitrogen and oxygen atoms in total. The molecule has 0 aromatic heterocycles. The van der Waals surface area contributed by atoms with Gasteiger partial charge in [0.2, 0.25) is 5.91 Å². The summed E-state index contributed by atoms with van der Waals surface area (Å²) in [7, 11) is 0. The molecule has 3 atom stereocenters. The molecule has 0 saturated carbocycles. The van der Waals surface area contributed by atoms with Crippen molar-refractivity contribution in [2.75, 3.05) is 6.61 Å². The third-order valence-electron chi connectivity index (χ3n) is 13.3. The van der Waals surface area contributed by atoms with Crippen LogP contribution in [0.1, 0.15) is 316 Å². The molecular formula is C56H111NO4. The molecule has 3 unspecified atom stereocenters. The first-order chi connectivity index (χ1) is 30.0. The molecule has 0 rings (SSSR count). The summed E-state index contributed by atoms with van der Waals surface area (Å²) in [6.45, 7) is 4.28. The standard InChI is InChI=1S/C56H111NO4/c1-3-5-7-9-11-13-15-16-17-18-19-20-21-22-23-24-25-26-27-28-29-30-31-32-33-34-35-36-37-38-40-41-43-45-47-49-53(59)51-56(61)57-54(52-58)55(60)50-48-46-44-42-39-14-12-10-8-6-4-2/h26-27,53-55,58-60H,3-25,28-52H2,1-2H3,(H,57,61)/b27-26-. The van der Waals surface area contributed by atoms with E-state index in [1.165, 1.54) is 257 Å². The summed E-state index contributed by atoms with van der Waals surface area (Å²) in [6, 6.07) is -0.654. The Morgan fingerprint density at radius 3 is 0.951 bits per heavy atom. The fraction of sp³-hybridized carbons (Fsp3) is 0.946. The molecule has 0 saturated heterocycles. The van der Waals surface area contributed by atoms with Gasteiger partial charge in [-0.05, 0) is 38.5 Å². The van der Waals surface area contributed by atoms with Crippen LogP contribution in [0.2, 0.25) is 0 Å². The maximum atomic E-state index is 12.5. The van der Waals surface area contributed by atoms with Crippen LogP contribution >= 0.6 is 0 Å². The van der Waals surface area contributed by atoms with Gasteiger partial charge in [0.1, 0.15) is 0 Å². The minimum absolute atomic E-state index is 0.0406. The molecule has 0 bridgehead atoms. The smallest absolute Gasteiger partial charge is 0.222 e. The zero-order valence-corrected chi connectivity index (χ0v) is 41.6. The summed E-state index contributed by atoms with van der Waals surface area (Å²) in [4.78, 5) is 12.5. The molecule has 364 valence electrons. The van der Waals surface area contributed by atoms with E-state index in [4.69, 9.17) is 0 Å². The number of amides is 1. The first-order valence-electron chi connectivity index (χ1n) is 28.0. The van der Waals surface area contributed by atoms with Crippen molar-refractivity contribution in [1.29, 1.82) is 0 Å². The topological polar surface area (TPSA) is 89.8 Å². The van der Waals surface area contributed by atoms with Gasteiger partial charge in [0, 0.05) is 0 Å². The fourth-order valence-corrected chi connectivity index (χ4v) is 9.05. The van der Waals surface area contributed by atoms with Gasteiger partial charge < -0.3 is 20.6 Å². The maximum Gasteiger partial charge on any atom is 0.222 e. The number of allylic oxidation sites excluding steroid dienone is 2. The number of unbranched alkanes of at least 4 members (excludes halogenated alkanes) is 41. The van der Waals surface area contributed by atoms with Crippen molar-refractivity contribution in [1.82, 2.24) is 5.32 Å². The van der Waals surface area contributed by atoms with E-state index < -0.39 is 18.2 Å². The number of aliphatic hydroxyl groups is 3. The van der Waals surface area contributed by atoms with Gasteiger partial charge in [0.15, 0.2) is 0 Å². The summed E-state index contributed by atoms with van der Waals surface area (Å²) in [5, 5.41) is 33.4. The summed E-state index contributed by atoms with van der Waals surface area (Å²) < 4.78 is 0. The van der Waals surface area contributed by atoms with E-state index in [0.29, 0.717) is 12.8 Å². The Morgan fingerprint density at radius 1 is 0.393 bits per heavy atom. The fourth-order valence-electron chi connectivity index (χ4n) is 9.05. The van der Waals surface area contributed by atoms with Crippen molar-refractivity contribution < 1.29 is 20.1 Å². The number of carbonyl (C=O) groups is 1. The highest BCUT2D eigenvalue weighted by atomic mass is 16.3. The lowest BCUT2D eigenvalue weighted by Gasteiger charge is -2.23. The molecular weight excluding hydrogens is 751 g/mol. The van der Waals surface area contributed by atoms with Gasteiger partial charge in [0.05, 0.1) is 31.3 Å². The zero-order chi connectivity index (χ0) is 44.4. The van der Waals surface area contributed by atoms with Crippen molar-refractivity contribution >= 4 is 5.91 Å². The van der Waals surface area contributed by atoms with Gasteiger partial charge in [-0.25, -0.2) is 0 Å². The second-order valence-electron chi connectivity index (χ2n) is 19.6. The van der Waals surface area contributed by atoms with Crippen LogP contribution < -0.4 is 5.32 Å². The molecule has 0 aromatic rings. The van der Waals surface area contributed by atoms with E-state index >= 15 is 0 Å². The van der Waals surface area contributed by atoms with Crippen LogP contribution in [0.3, 0.4) is 0 Å². The SMILES string of the molecule is CCCCCCCCCCCCCCCCCC/C=C\CCCCCCCCCCCCCCCCCC(O)CC(=O)NC(CO)C(O)CCCCCCCCCCCCC. The lowest BCUT2D eigenvalue weighted by atomic mass is 10.0. The molecule has 0 aliphatic carbocycles. The van der Waals surface area contributed by atoms with Crippen molar-refractivity contribution in [3.8, 4) is 0 Å². The van der Waals surface area contributed by atoms with Crippen molar-refractivity contribution in [3.05, 3.63) is 12.2 Å². The lowest BCUT2D eigenvalue weighted by molar-refractivity contribution is -0.125. The van der Waals surface area contributed by atoms with Gasteiger partial charge in [-0.15, -0.1) is 0 Å². The monoisotopic (exact) mass is 862 g/mol. The van der Waals surface area contributed by atoms with Crippen molar-refractivity contribution in [2.45, 2.75) is 334 Å². The largest absolute Gasteiger partial charge is 0.394 e. The van der Waals surface area contributed by atoms with Crippen LogP contribution in [0.4, 0.5) is 0 Å². The quantitative estimate of drug-likeness (QED) is 0.0362. The van der Waals surface area contributed by atoms with Crippen LogP contribution in [0.25, 0.3) is 0 Å². The molecule has 0 radical (unpaired) electrons. The van der Waals surface area contributed by atoms with E-state index in [1.807, 2.05) is 0 Å². The van der Waals surface area contributed by atoms with E-state index in [9.17, 15) is 20.1 Å². The molecule has 61 heavy (non-hydrogen) atoms. The average molecular weight is 863 g/mol. The molecule has 0 heterocycles. The number of aliphatic hydroxyl groups excluding tert-OH is 3. The molecule has 0 fully saturated rings. The lowest BCUT2D eigenvalue weighted by Crippen LogP contribution is -2.46. The number of carbonyl (C=O) groups excluding carboxylic acids is 1. The van der Waals surface area contributed by atoms with Crippen LogP contribution in [0, 0.1) is 0 Å². The Kier molecular flexibility index (Phi) is 51.0. The second-order valence-corrected chi connectivity index (χ2v) is 19.6. The molecule has 0 aliphatic rings. The zero-order valence-electron chi connectivity index (χ0n) is 41.6. The average Bonchev–Trinajstić information content (AvgIpc) is 3.25. The van der Waals surface area contributed by atoms with Crippen LogP contribution in [0.5, 0.6) is 0 Å². The van der Waals surface area contributed by atoms with E-state index in [0.717, 1.165) is 25.7 Å². The number of nitrogens with one attached hydrogen (secondary N) is 1. The Morgan fingerprint density at radius 2 is 0.656 bits per heavy atom. The number of rotatable bonds is 52. The minimum Gasteiger partial charge on any atom is -0.394 e. The first kappa shape index (κ1) is 60.1. The Hall–Kier alpha value is -0.910. The van der Waals surface area contributed by atoms with Gasteiger partial charge in [-0.2, -0.15) is 0 Å². The van der Waals surface area contributed by atoms with Gasteiger partial charge in [-0.3, -0.25) is 4.79 Å². The summed E-state index contributed by atoms with van der Waals surface area (Å²) in [5.74, 6) is -0.279. The van der Waals surface area contributed by atoms with Crippen molar-refractivity contribution in [3.63, 3.8) is 0 Å². The van der Waals surface area contributed by atoms with Crippen LogP contribution in [-0.2, 0) is 4.79 Å². The molecule has 0 spiro atoms. The number of hydrogen-bond acceptors (Lipinski definition) is 4. The highest BCUT2D eigenvalue weighted by molar-refractivity contribution is 5.76. The molecule has 0 aromatic carbocycles. The van der Waals surface area contributed by atoms with Crippen LogP contribution in [0.15, 0.2) is 12.2 Å². The Bertz CT molecular complexity index is 864. The summed E-state index contributed by atoms with van der Waals surface area (Å²) in [6.07, 6.45) is 63.9. The van der Waals surface area contributed by atoms with E-state index in [2.05, 4.69) is 31.3 Å². The minimum atomic E-state index is -0.745. The Balaban J connectivity index is 3.42. The summed E-state index contributed by atoms with van der Waals surface area (Å²) in [5.41, 5.74) is 0. The Labute approximate surface area is 382 Å². The molecule has 0 aliphatic heterocycles. The van der Waals surface area contributed by atoms with E-state index in [-0.39, 0.29) is 18.9 Å². The predicted molar refractivity (Wildman–Crippen MR) is 269 cm³/mol. The van der Waals surface area contributed by atoms with E-state index in [1.54, 1.807) is 0 Å². The normalized spacial score (nSPS) is 13.3. The third kappa shape index (κ3) is 48.4. The first-order valence-corrected chi connectivity index (χ1v) is 28.0. The number of hydrogen-bond donors (Lipinski definition) is 4. The summed E-state index contributed by atoms with van der Waals surface area (Å²) >= 11 is 0. The van der Waals surface area contributed by atoms with Crippen molar-refractivity contribution in [2.24, 2.45) is 0 Å². The molecule has 5 heteroatoms. The highest BCUT2D eigenvalue weighted by Gasteiger charge is 2.21. The van der Waals surface area contributed by atoms with Crippen LogP contribution in [-0.4, -0.2) is 46.1 Å². The van der Waals surface area contributed by atoms with Gasteiger partial charge in [-0.1, -0.05) is 283 Å².